The Kier molecular flexibility index (Phi) is 4.70. The molecule has 3 heterocycles. The van der Waals surface area contributed by atoms with Crippen molar-refractivity contribution in [1.29, 1.82) is 0 Å². The summed E-state index contributed by atoms with van der Waals surface area (Å²) in [6.45, 7) is 10.4. The third kappa shape index (κ3) is 3.47. The second-order valence-corrected chi connectivity index (χ2v) is 7.53. The summed E-state index contributed by atoms with van der Waals surface area (Å²) in [7, 11) is 0. The first-order valence-corrected chi connectivity index (χ1v) is 9.42. The predicted octanol–water partition coefficient (Wildman–Crippen LogP) is 3.11. The van der Waals surface area contributed by atoms with Gasteiger partial charge in [-0.3, -0.25) is 9.69 Å². The molecule has 27 heavy (non-hydrogen) atoms. The van der Waals surface area contributed by atoms with Gasteiger partial charge in [-0.1, -0.05) is 0 Å². The summed E-state index contributed by atoms with van der Waals surface area (Å²) in [6, 6.07) is 7.85. The van der Waals surface area contributed by atoms with Gasteiger partial charge >= 0.3 is 0 Å². The average molecular weight is 370 g/mol. The molecule has 1 aromatic heterocycles. The van der Waals surface area contributed by atoms with E-state index in [2.05, 4.69) is 23.3 Å². The topological polar surface area (TPSA) is 52.9 Å². The van der Waals surface area contributed by atoms with E-state index in [4.69, 9.17) is 14.2 Å². The van der Waals surface area contributed by atoms with Gasteiger partial charge in [0.2, 0.25) is 6.79 Å². The van der Waals surface area contributed by atoms with Crippen molar-refractivity contribution in [3.63, 3.8) is 0 Å². The first kappa shape index (κ1) is 18.1. The third-order valence-electron chi connectivity index (χ3n) is 5.21. The summed E-state index contributed by atoms with van der Waals surface area (Å²) in [5, 5.41) is 0. The molecule has 0 spiro atoms. The Morgan fingerprint density at radius 2 is 1.78 bits per heavy atom. The van der Waals surface area contributed by atoms with Crippen LogP contribution in [0.1, 0.15) is 35.6 Å². The Morgan fingerprint density at radius 3 is 2.52 bits per heavy atom. The molecule has 0 aliphatic carbocycles. The fraction of sp³-hybridized carbons (Fsp3) is 0.476. The highest BCUT2D eigenvalue weighted by Gasteiger charge is 2.26. The van der Waals surface area contributed by atoms with Gasteiger partial charge in [-0.15, -0.1) is 0 Å². The summed E-state index contributed by atoms with van der Waals surface area (Å²) in [4.78, 5) is 15.2. The number of hydrogen-bond acceptors (Lipinski definition) is 5. The SMILES string of the molecule is Cc1cc(C(=O)CN2CC(C)OC(C)C2)c(C)n1-c1ccc2c(c1)OCO2. The largest absolute Gasteiger partial charge is 0.454 e. The molecule has 144 valence electrons. The van der Waals surface area contributed by atoms with E-state index in [1.165, 1.54) is 0 Å². The number of fused-ring (bicyclic) bond motifs is 1. The number of nitrogens with zero attached hydrogens (tertiary/aromatic N) is 2. The number of carbonyl (C=O) groups is 1. The number of rotatable bonds is 4. The van der Waals surface area contributed by atoms with Crippen molar-refractivity contribution >= 4 is 5.78 Å². The number of benzene rings is 1. The van der Waals surface area contributed by atoms with Crippen LogP contribution >= 0.6 is 0 Å². The molecule has 6 nitrogen and oxygen atoms in total. The van der Waals surface area contributed by atoms with Crippen LogP contribution < -0.4 is 9.47 Å². The lowest BCUT2D eigenvalue weighted by Gasteiger charge is -2.34. The minimum Gasteiger partial charge on any atom is -0.454 e. The van der Waals surface area contributed by atoms with E-state index >= 15 is 0 Å². The molecule has 0 saturated carbocycles. The maximum Gasteiger partial charge on any atom is 0.231 e. The van der Waals surface area contributed by atoms with Gasteiger partial charge in [-0.05, 0) is 45.9 Å². The van der Waals surface area contributed by atoms with Crippen molar-refractivity contribution in [2.75, 3.05) is 26.4 Å². The Bertz CT molecular complexity index is 863. The lowest BCUT2D eigenvalue weighted by Crippen LogP contribution is -2.47. The van der Waals surface area contributed by atoms with E-state index in [1.807, 2.05) is 38.1 Å². The molecule has 0 bridgehead atoms. The van der Waals surface area contributed by atoms with Crippen LogP contribution in [-0.4, -0.2) is 53.9 Å². The number of aryl methyl sites for hydroxylation is 1. The number of carbonyl (C=O) groups excluding carboxylic acids is 1. The van der Waals surface area contributed by atoms with Crippen LogP contribution in [0.5, 0.6) is 11.5 Å². The molecule has 2 unspecified atom stereocenters. The molecule has 2 aliphatic heterocycles. The van der Waals surface area contributed by atoms with Crippen molar-refractivity contribution in [3.05, 3.63) is 41.2 Å². The van der Waals surface area contributed by atoms with E-state index < -0.39 is 0 Å². The Balaban J connectivity index is 1.58. The number of ketones is 1. The van der Waals surface area contributed by atoms with Crippen molar-refractivity contribution in [1.82, 2.24) is 9.47 Å². The highest BCUT2D eigenvalue weighted by molar-refractivity contribution is 5.99. The molecule has 1 fully saturated rings. The zero-order valence-corrected chi connectivity index (χ0v) is 16.3. The molecule has 0 radical (unpaired) electrons. The monoisotopic (exact) mass is 370 g/mol. The lowest BCUT2D eigenvalue weighted by atomic mass is 10.1. The molecule has 6 heteroatoms. The molecule has 2 aromatic rings. The quantitative estimate of drug-likeness (QED) is 0.774. The van der Waals surface area contributed by atoms with E-state index in [-0.39, 0.29) is 24.8 Å². The Morgan fingerprint density at radius 1 is 1.07 bits per heavy atom. The maximum atomic E-state index is 13.0. The van der Waals surface area contributed by atoms with E-state index in [0.717, 1.165) is 47.2 Å². The molecule has 2 atom stereocenters. The zero-order chi connectivity index (χ0) is 19.1. The van der Waals surface area contributed by atoms with Crippen LogP contribution in [-0.2, 0) is 4.74 Å². The second-order valence-electron chi connectivity index (χ2n) is 7.53. The standard InChI is InChI=1S/C21H26N2O4/c1-13-7-18(19(24)11-22-9-14(2)27-15(3)10-22)16(4)23(13)17-5-6-20-21(8-17)26-12-25-20/h5-8,14-15H,9-12H2,1-4H3. The molecule has 0 N–H and O–H groups in total. The minimum atomic E-state index is 0.149. The zero-order valence-electron chi connectivity index (χ0n) is 16.3. The summed E-state index contributed by atoms with van der Waals surface area (Å²) in [6.07, 6.45) is 0.310. The van der Waals surface area contributed by atoms with Gasteiger partial charge in [0.15, 0.2) is 17.3 Å². The summed E-state index contributed by atoms with van der Waals surface area (Å²) in [5.41, 5.74) is 3.73. The molecule has 2 aliphatic rings. The summed E-state index contributed by atoms with van der Waals surface area (Å²) < 4.78 is 18.8. The first-order chi connectivity index (χ1) is 12.9. The van der Waals surface area contributed by atoms with E-state index in [1.54, 1.807) is 0 Å². The van der Waals surface area contributed by atoms with Crippen LogP contribution in [0.3, 0.4) is 0 Å². The summed E-state index contributed by atoms with van der Waals surface area (Å²) in [5.74, 6) is 1.65. The maximum absolute atomic E-state index is 13.0. The van der Waals surface area contributed by atoms with E-state index in [0.29, 0.717) is 6.54 Å². The molecule has 1 aromatic carbocycles. The van der Waals surface area contributed by atoms with Crippen LogP contribution in [0.15, 0.2) is 24.3 Å². The molecule has 1 saturated heterocycles. The van der Waals surface area contributed by atoms with Crippen LogP contribution in [0.4, 0.5) is 0 Å². The number of aromatic nitrogens is 1. The van der Waals surface area contributed by atoms with Gasteiger partial charge in [0.05, 0.1) is 18.8 Å². The number of ether oxygens (including phenoxy) is 3. The van der Waals surface area contributed by atoms with Crippen molar-refractivity contribution < 1.29 is 19.0 Å². The fourth-order valence-electron chi connectivity index (χ4n) is 4.17. The molecule has 0 amide bonds. The highest BCUT2D eigenvalue weighted by Crippen LogP contribution is 2.35. The lowest BCUT2D eigenvalue weighted by molar-refractivity contribution is -0.0652. The van der Waals surface area contributed by atoms with Crippen LogP contribution in [0, 0.1) is 13.8 Å². The van der Waals surface area contributed by atoms with Gasteiger partial charge in [0.25, 0.3) is 0 Å². The Labute approximate surface area is 159 Å². The van der Waals surface area contributed by atoms with Crippen molar-refractivity contribution in [3.8, 4) is 17.2 Å². The molecule has 4 rings (SSSR count). The average Bonchev–Trinajstić information content (AvgIpc) is 3.17. The van der Waals surface area contributed by atoms with Gasteiger partial charge in [-0.2, -0.15) is 0 Å². The van der Waals surface area contributed by atoms with Crippen molar-refractivity contribution in [2.24, 2.45) is 0 Å². The van der Waals surface area contributed by atoms with E-state index in [9.17, 15) is 4.79 Å². The van der Waals surface area contributed by atoms with Crippen LogP contribution in [0.2, 0.25) is 0 Å². The number of morpholine rings is 1. The third-order valence-corrected chi connectivity index (χ3v) is 5.21. The smallest absolute Gasteiger partial charge is 0.231 e. The van der Waals surface area contributed by atoms with Gasteiger partial charge in [0, 0.05) is 41.8 Å². The Hall–Kier alpha value is -2.31. The number of Topliss-reactive ketones (excluding diaryl/α,β-unsaturated/α-hetero) is 1. The normalized spacial score (nSPS) is 22.2. The summed E-state index contributed by atoms with van der Waals surface area (Å²) >= 11 is 0. The highest BCUT2D eigenvalue weighted by atomic mass is 16.7. The first-order valence-electron chi connectivity index (χ1n) is 9.42. The molecular formula is C21H26N2O4. The predicted molar refractivity (Wildman–Crippen MR) is 102 cm³/mol. The minimum absolute atomic E-state index is 0.149. The van der Waals surface area contributed by atoms with Crippen LogP contribution in [0.25, 0.3) is 5.69 Å². The van der Waals surface area contributed by atoms with Gasteiger partial charge < -0.3 is 18.8 Å². The molecular weight excluding hydrogens is 344 g/mol. The van der Waals surface area contributed by atoms with Crippen molar-refractivity contribution in [2.45, 2.75) is 39.9 Å². The van der Waals surface area contributed by atoms with Gasteiger partial charge in [0.1, 0.15) is 0 Å². The second kappa shape index (κ2) is 7.02. The van der Waals surface area contributed by atoms with Gasteiger partial charge in [-0.25, -0.2) is 0 Å². The number of hydrogen-bond donors (Lipinski definition) is 0. The fourth-order valence-corrected chi connectivity index (χ4v) is 4.17.